The number of rotatable bonds is 5. The van der Waals surface area contributed by atoms with Gasteiger partial charge in [0, 0.05) is 30.4 Å². The number of halogens is 3. The first-order chi connectivity index (χ1) is 15.1. The summed E-state index contributed by atoms with van der Waals surface area (Å²) in [6.07, 6.45) is 1.10. The minimum Gasteiger partial charge on any atom is -0.392 e. The number of benzene rings is 2. The van der Waals surface area contributed by atoms with E-state index in [9.17, 15) is 26.7 Å². The highest BCUT2D eigenvalue weighted by Crippen LogP contribution is 2.32. The molecule has 1 N–H and O–H groups in total. The van der Waals surface area contributed by atoms with Crippen LogP contribution >= 0.6 is 0 Å². The number of fused-ring (bicyclic) bond motifs is 1. The van der Waals surface area contributed by atoms with Crippen LogP contribution < -0.4 is 4.90 Å². The summed E-state index contributed by atoms with van der Waals surface area (Å²) in [6, 6.07) is 14.2. The second kappa shape index (κ2) is 8.34. The molecule has 0 aliphatic carbocycles. The molecule has 0 bridgehead atoms. The quantitative estimate of drug-likeness (QED) is 0.621. The molecule has 1 aliphatic heterocycles. The average Bonchev–Trinajstić information content (AvgIpc) is 3.17. The molecule has 10 heteroatoms. The number of aliphatic hydroxyl groups excluding tert-OH is 1. The van der Waals surface area contributed by atoms with Gasteiger partial charge in [-0.25, -0.2) is 8.42 Å². The topological polar surface area (TPSA) is 73.7 Å². The number of aromatic nitrogens is 1. The Morgan fingerprint density at radius 1 is 1.12 bits per heavy atom. The van der Waals surface area contributed by atoms with Gasteiger partial charge in [-0.2, -0.15) is 13.2 Å². The maximum absolute atomic E-state index is 12.8. The SMILES string of the molecule is CC(O)[C@H]1CN(c2ccc(S(=O)(=O)C(F)(F)F)cc2)CN1Cc1ccnc2ccccc12. The number of alkyl halides is 3. The fraction of sp³-hybridized carbons (Fsp3) is 0.318. The van der Waals surface area contributed by atoms with Gasteiger partial charge in [-0.15, -0.1) is 0 Å². The minimum atomic E-state index is -5.39. The zero-order chi connectivity index (χ0) is 23.1. The molecule has 1 unspecified atom stereocenters. The lowest BCUT2D eigenvalue weighted by atomic mass is 10.1. The number of nitrogens with zero attached hydrogens (tertiary/aromatic N) is 3. The highest BCUT2D eigenvalue weighted by Gasteiger charge is 2.46. The maximum Gasteiger partial charge on any atom is 0.501 e. The standard InChI is InChI=1S/C22H22F3N3O3S/c1-15(29)21-13-27(17-6-8-18(9-7-17)32(30,31)22(23,24)25)14-28(21)12-16-10-11-26-20-5-3-2-4-19(16)20/h2-11,15,21,29H,12-14H2,1H3/t15?,21-/m1/s1. The summed E-state index contributed by atoms with van der Waals surface area (Å²) >= 11 is 0. The molecule has 0 saturated carbocycles. The molecule has 32 heavy (non-hydrogen) atoms. The molecule has 1 fully saturated rings. The van der Waals surface area contributed by atoms with Gasteiger partial charge in [0.05, 0.1) is 29.2 Å². The van der Waals surface area contributed by atoms with Crippen molar-refractivity contribution in [2.75, 3.05) is 18.1 Å². The second-order valence-electron chi connectivity index (χ2n) is 7.85. The molecule has 1 saturated heterocycles. The van der Waals surface area contributed by atoms with Crippen molar-refractivity contribution in [2.24, 2.45) is 0 Å². The predicted octanol–water partition coefficient (Wildman–Crippen LogP) is 3.56. The van der Waals surface area contributed by atoms with Gasteiger partial charge in [-0.05, 0) is 48.9 Å². The van der Waals surface area contributed by atoms with E-state index >= 15 is 0 Å². The first-order valence-electron chi connectivity index (χ1n) is 9.99. The zero-order valence-electron chi connectivity index (χ0n) is 17.2. The van der Waals surface area contributed by atoms with E-state index in [0.717, 1.165) is 28.6 Å². The molecule has 2 heterocycles. The molecule has 170 valence electrons. The fourth-order valence-electron chi connectivity index (χ4n) is 4.02. The molecule has 6 nitrogen and oxygen atoms in total. The highest BCUT2D eigenvalue weighted by atomic mass is 32.2. The first-order valence-corrected chi connectivity index (χ1v) is 11.5. The lowest BCUT2D eigenvalue weighted by molar-refractivity contribution is -0.0436. The molecule has 4 rings (SSSR count). The Morgan fingerprint density at radius 3 is 2.47 bits per heavy atom. The summed E-state index contributed by atoms with van der Waals surface area (Å²) in [4.78, 5) is 7.58. The zero-order valence-corrected chi connectivity index (χ0v) is 18.0. The summed E-state index contributed by atoms with van der Waals surface area (Å²) in [5, 5.41) is 11.3. The molecule has 1 aromatic heterocycles. The van der Waals surface area contributed by atoms with Crippen LogP contribution in [0.5, 0.6) is 0 Å². The van der Waals surface area contributed by atoms with Crippen molar-refractivity contribution < 1.29 is 26.7 Å². The van der Waals surface area contributed by atoms with E-state index in [1.165, 1.54) is 12.1 Å². The van der Waals surface area contributed by atoms with E-state index < -0.39 is 26.3 Å². The van der Waals surface area contributed by atoms with Crippen LogP contribution in [0.1, 0.15) is 12.5 Å². The Kier molecular flexibility index (Phi) is 5.87. The van der Waals surface area contributed by atoms with Crippen LogP contribution in [-0.2, 0) is 16.4 Å². The van der Waals surface area contributed by atoms with Crippen molar-refractivity contribution in [3.05, 3.63) is 66.4 Å². The van der Waals surface area contributed by atoms with Gasteiger partial charge in [-0.1, -0.05) is 18.2 Å². The third-order valence-electron chi connectivity index (χ3n) is 5.72. The monoisotopic (exact) mass is 465 g/mol. The largest absolute Gasteiger partial charge is 0.501 e. The Hall–Kier alpha value is -2.69. The third-order valence-corrected chi connectivity index (χ3v) is 7.22. The Balaban J connectivity index is 1.57. The molecule has 0 radical (unpaired) electrons. The summed E-state index contributed by atoms with van der Waals surface area (Å²) < 4.78 is 61.6. The van der Waals surface area contributed by atoms with Gasteiger partial charge in [0.15, 0.2) is 0 Å². The fourth-order valence-corrected chi connectivity index (χ4v) is 4.78. The van der Waals surface area contributed by atoms with Crippen LogP contribution in [0, 0.1) is 0 Å². The summed E-state index contributed by atoms with van der Waals surface area (Å²) in [7, 11) is -5.39. The van der Waals surface area contributed by atoms with Crippen molar-refractivity contribution in [3.63, 3.8) is 0 Å². The van der Waals surface area contributed by atoms with Gasteiger partial charge >= 0.3 is 5.51 Å². The van der Waals surface area contributed by atoms with Gasteiger partial charge < -0.3 is 10.0 Å². The highest BCUT2D eigenvalue weighted by molar-refractivity contribution is 7.92. The van der Waals surface area contributed by atoms with Gasteiger partial charge in [0.1, 0.15) is 0 Å². The molecule has 3 aromatic rings. The molecule has 2 aromatic carbocycles. The van der Waals surface area contributed by atoms with Gasteiger partial charge in [0.2, 0.25) is 0 Å². The summed E-state index contributed by atoms with van der Waals surface area (Å²) in [5.74, 6) is 0. The van der Waals surface area contributed by atoms with Crippen molar-refractivity contribution in [1.82, 2.24) is 9.88 Å². The van der Waals surface area contributed by atoms with Gasteiger partial charge in [-0.3, -0.25) is 9.88 Å². The minimum absolute atomic E-state index is 0.208. The summed E-state index contributed by atoms with van der Waals surface area (Å²) in [6.45, 7) is 3.13. The predicted molar refractivity (Wildman–Crippen MR) is 115 cm³/mol. The van der Waals surface area contributed by atoms with Crippen LogP contribution in [0.15, 0.2) is 65.7 Å². The molecule has 1 aliphatic rings. The molecule has 0 amide bonds. The Bertz CT molecular complexity index is 1210. The third kappa shape index (κ3) is 4.17. The number of hydrogen-bond acceptors (Lipinski definition) is 6. The second-order valence-corrected chi connectivity index (χ2v) is 9.79. The Morgan fingerprint density at radius 2 is 1.81 bits per heavy atom. The van der Waals surface area contributed by atoms with Crippen molar-refractivity contribution in [1.29, 1.82) is 0 Å². The van der Waals surface area contributed by atoms with Gasteiger partial charge in [0.25, 0.3) is 9.84 Å². The number of aliphatic hydroxyl groups is 1. The van der Waals surface area contributed by atoms with E-state index in [1.54, 1.807) is 13.1 Å². The van der Waals surface area contributed by atoms with E-state index in [-0.39, 0.29) is 6.04 Å². The molecule has 0 spiro atoms. The number of hydrogen-bond donors (Lipinski definition) is 1. The number of pyridine rings is 1. The molecular weight excluding hydrogens is 443 g/mol. The number of anilines is 1. The maximum atomic E-state index is 12.8. The van der Waals surface area contributed by atoms with E-state index in [1.807, 2.05) is 35.2 Å². The van der Waals surface area contributed by atoms with Crippen molar-refractivity contribution >= 4 is 26.4 Å². The first kappa shape index (κ1) is 22.5. The van der Waals surface area contributed by atoms with E-state index in [4.69, 9.17) is 0 Å². The smallest absolute Gasteiger partial charge is 0.392 e. The van der Waals surface area contributed by atoms with E-state index in [2.05, 4.69) is 9.88 Å². The van der Waals surface area contributed by atoms with Crippen LogP contribution in [-0.4, -0.2) is 54.3 Å². The Labute approximate surface area is 183 Å². The number of sulfone groups is 1. The van der Waals surface area contributed by atoms with Crippen LogP contribution in [0.3, 0.4) is 0 Å². The summed E-state index contributed by atoms with van der Waals surface area (Å²) in [5.41, 5.74) is -2.84. The molecular formula is C22H22F3N3O3S. The van der Waals surface area contributed by atoms with Crippen LogP contribution in [0.4, 0.5) is 18.9 Å². The normalized spacial score (nSPS) is 18.9. The van der Waals surface area contributed by atoms with Crippen molar-refractivity contribution in [2.45, 2.75) is 36.0 Å². The lowest BCUT2D eigenvalue weighted by Crippen LogP contribution is -2.38. The van der Waals surface area contributed by atoms with Crippen LogP contribution in [0.25, 0.3) is 10.9 Å². The molecule has 2 atom stereocenters. The van der Waals surface area contributed by atoms with Crippen molar-refractivity contribution in [3.8, 4) is 0 Å². The van der Waals surface area contributed by atoms with Crippen LogP contribution in [0.2, 0.25) is 0 Å². The van der Waals surface area contributed by atoms with E-state index in [0.29, 0.717) is 25.4 Å². The number of para-hydroxylation sites is 1. The average molecular weight is 465 g/mol. The lowest BCUT2D eigenvalue weighted by Gasteiger charge is -2.25.